The maximum Gasteiger partial charge on any atom is 0.221 e. The van der Waals surface area contributed by atoms with Gasteiger partial charge in [0, 0.05) is 50.1 Å². The van der Waals surface area contributed by atoms with Crippen molar-refractivity contribution in [3.05, 3.63) is 34.9 Å². The van der Waals surface area contributed by atoms with Gasteiger partial charge in [-0.05, 0) is 36.5 Å². The van der Waals surface area contributed by atoms with E-state index >= 15 is 0 Å². The molecule has 2 rings (SSSR count). The molecule has 2 amide bonds. The molecule has 0 aromatic heterocycles. The number of rotatable bonds is 8. The number of carbonyl (C=O) groups excluding carboxylic acids is 2. The van der Waals surface area contributed by atoms with Crippen molar-refractivity contribution in [1.82, 2.24) is 15.5 Å². The number of likely N-dealkylation sites (tertiary alicyclic amines) is 1. The fourth-order valence-corrected chi connectivity index (χ4v) is 3.27. The maximum absolute atomic E-state index is 12.0. The normalized spacial score (nSPS) is 15.8. The van der Waals surface area contributed by atoms with Crippen LogP contribution in [-0.4, -0.2) is 42.4 Å². The van der Waals surface area contributed by atoms with Gasteiger partial charge in [-0.1, -0.05) is 37.6 Å². The van der Waals surface area contributed by atoms with Crippen LogP contribution in [0.3, 0.4) is 0 Å². The lowest BCUT2D eigenvalue weighted by molar-refractivity contribution is -0.123. The second-order valence-corrected chi connectivity index (χ2v) is 7.88. The summed E-state index contributed by atoms with van der Waals surface area (Å²) in [4.78, 5) is 26.0. The Morgan fingerprint density at radius 2 is 1.81 bits per heavy atom. The number of benzene rings is 1. The largest absolute Gasteiger partial charge is 0.356 e. The monoisotopic (exact) mass is 379 g/mol. The van der Waals surface area contributed by atoms with Crippen molar-refractivity contribution in [1.29, 1.82) is 0 Å². The first-order valence-electron chi connectivity index (χ1n) is 9.45. The van der Waals surface area contributed by atoms with Gasteiger partial charge in [0.1, 0.15) is 0 Å². The van der Waals surface area contributed by atoms with E-state index in [4.69, 9.17) is 11.6 Å². The zero-order valence-corrected chi connectivity index (χ0v) is 16.5. The molecule has 1 heterocycles. The average Bonchev–Trinajstić information content (AvgIpc) is 2.58. The van der Waals surface area contributed by atoms with Crippen LogP contribution < -0.4 is 10.6 Å². The highest BCUT2D eigenvalue weighted by Crippen LogP contribution is 2.16. The van der Waals surface area contributed by atoms with Crippen LogP contribution in [0.25, 0.3) is 0 Å². The Balaban J connectivity index is 1.61. The van der Waals surface area contributed by atoms with Crippen LogP contribution in [0, 0.1) is 5.92 Å². The molecule has 26 heavy (non-hydrogen) atoms. The van der Waals surface area contributed by atoms with Crippen LogP contribution in [0.2, 0.25) is 5.02 Å². The number of nitrogens with zero attached hydrogens (tertiary/aromatic N) is 1. The minimum atomic E-state index is 0.0170. The molecule has 144 valence electrons. The molecule has 0 radical (unpaired) electrons. The quantitative estimate of drug-likeness (QED) is 0.730. The lowest BCUT2D eigenvalue weighted by atomic mass is 10.0. The van der Waals surface area contributed by atoms with E-state index in [0.29, 0.717) is 25.3 Å². The number of nitrogens with one attached hydrogen (secondary N) is 2. The minimum Gasteiger partial charge on any atom is -0.356 e. The third-order valence-corrected chi connectivity index (χ3v) is 4.79. The molecule has 0 saturated carbocycles. The Bertz CT molecular complexity index is 581. The molecule has 0 bridgehead atoms. The van der Waals surface area contributed by atoms with Crippen molar-refractivity contribution in [2.45, 2.75) is 52.1 Å². The van der Waals surface area contributed by atoms with Crippen LogP contribution in [0.1, 0.15) is 45.1 Å². The molecule has 0 atom stereocenters. The molecule has 1 aromatic rings. The molecular formula is C20H30ClN3O2. The van der Waals surface area contributed by atoms with Crippen LogP contribution >= 0.6 is 11.6 Å². The standard InChI is InChI=1S/C20H30ClN3O2/c1-15(2)13-20(26)22-10-7-19(25)23-18-8-11-24(12-9-18)14-16-3-5-17(21)6-4-16/h3-6,15,18H,7-14H2,1-2H3,(H,22,26)(H,23,25). The number of amides is 2. The third-order valence-electron chi connectivity index (χ3n) is 4.54. The van der Waals surface area contributed by atoms with Crippen molar-refractivity contribution >= 4 is 23.4 Å². The summed E-state index contributed by atoms with van der Waals surface area (Å²) in [6.45, 7) is 7.28. The van der Waals surface area contributed by atoms with Gasteiger partial charge in [0.15, 0.2) is 0 Å². The Hall–Kier alpha value is -1.59. The first-order valence-corrected chi connectivity index (χ1v) is 9.83. The molecule has 1 aliphatic heterocycles. The van der Waals surface area contributed by atoms with Gasteiger partial charge < -0.3 is 10.6 Å². The number of piperidine rings is 1. The summed E-state index contributed by atoms with van der Waals surface area (Å²) in [7, 11) is 0. The highest BCUT2D eigenvalue weighted by atomic mass is 35.5. The fourth-order valence-electron chi connectivity index (χ4n) is 3.14. The number of hydrogen-bond acceptors (Lipinski definition) is 3. The van der Waals surface area contributed by atoms with E-state index < -0.39 is 0 Å². The SMILES string of the molecule is CC(C)CC(=O)NCCC(=O)NC1CCN(Cc2ccc(Cl)cc2)CC1. The lowest BCUT2D eigenvalue weighted by Crippen LogP contribution is -2.45. The van der Waals surface area contributed by atoms with Crippen molar-refractivity contribution in [3.8, 4) is 0 Å². The molecule has 0 aliphatic carbocycles. The Kier molecular flexibility index (Phi) is 8.39. The Morgan fingerprint density at radius 1 is 1.15 bits per heavy atom. The van der Waals surface area contributed by atoms with Crippen molar-refractivity contribution < 1.29 is 9.59 Å². The summed E-state index contributed by atoms with van der Waals surface area (Å²) in [6.07, 6.45) is 2.76. The van der Waals surface area contributed by atoms with Crippen molar-refractivity contribution in [3.63, 3.8) is 0 Å². The zero-order valence-electron chi connectivity index (χ0n) is 15.8. The molecule has 5 nitrogen and oxygen atoms in total. The first kappa shape index (κ1) is 20.7. The summed E-state index contributed by atoms with van der Waals surface area (Å²) in [5, 5.41) is 6.65. The average molecular weight is 380 g/mol. The summed E-state index contributed by atoms with van der Waals surface area (Å²) in [5.74, 6) is 0.371. The second kappa shape index (κ2) is 10.5. The number of carbonyl (C=O) groups is 2. The van der Waals surface area contributed by atoms with Gasteiger partial charge >= 0.3 is 0 Å². The molecule has 1 fully saturated rings. The van der Waals surface area contributed by atoms with Gasteiger partial charge in [-0.2, -0.15) is 0 Å². The molecule has 0 unspecified atom stereocenters. The van der Waals surface area contributed by atoms with Gasteiger partial charge in [0.25, 0.3) is 0 Å². The third kappa shape index (κ3) is 7.75. The van der Waals surface area contributed by atoms with Crippen molar-refractivity contribution in [2.24, 2.45) is 5.92 Å². The lowest BCUT2D eigenvalue weighted by Gasteiger charge is -2.32. The number of hydrogen-bond donors (Lipinski definition) is 2. The highest BCUT2D eigenvalue weighted by Gasteiger charge is 2.20. The summed E-state index contributed by atoms with van der Waals surface area (Å²) in [6, 6.07) is 8.19. The first-order chi connectivity index (χ1) is 12.4. The molecule has 0 spiro atoms. The highest BCUT2D eigenvalue weighted by molar-refractivity contribution is 6.30. The summed E-state index contributed by atoms with van der Waals surface area (Å²) < 4.78 is 0. The van der Waals surface area contributed by atoms with Crippen LogP contribution in [-0.2, 0) is 16.1 Å². The molecule has 1 saturated heterocycles. The summed E-state index contributed by atoms with van der Waals surface area (Å²) in [5.41, 5.74) is 1.26. The molecule has 2 N–H and O–H groups in total. The van der Waals surface area contributed by atoms with Crippen molar-refractivity contribution in [2.75, 3.05) is 19.6 Å². The molecular weight excluding hydrogens is 350 g/mol. The van der Waals surface area contributed by atoms with E-state index in [9.17, 15) is 9.59 Å². The van der Waals surface area contributed by atoms with Gasteiger partial charge in [0.2, 0.25) is 11.8 Å². The molecule has 6 heteroatoms. The van der Waals surface area contributed by atoms with Gasteiger partial charge in [-0.3, -0.25) is 14.5 Å². The van der Waals surface area contributed by atoms with Gasteiger partial charge in [-0.15, -0.1) is 0 Å². The second-order valence-electron chi connectivity index (χ2n) is 7.44. The van der Waals surface area contributed by atoms with E-state index in [2.05, 4.69) is 27.7 Å². The van der Waals surface area contributed by atoms with E-state index in [0.717, 1.165) is 37.5 Å². The zero-order chi connectivity index (χ0) is 18.9. The van der Waals surface area contributed by atoms with E-state index in [1.807, 2.05) is 26.0 Å². The fraction of sp³-hybridized carbons (Fsp3) is 0.600. The Morgan fingerprint density at radius 3 is 2.42 bits per heavy atom. The minimum absolute atomic E-state index is 0.0170. The maximum atomic E-state index is 12.0. The van der Waals surface area contributed by atoms with Gasteiger partial charge in [0.05, 0.1) is 0 Å². The van der Waals surface area contributed by atoms with Crippen LogP contribution in [0.5, 0.6) is 0 Å². The number of halogens is 1. The topological polar surface area (TPSA) is 61.4 Å². The summed E-state index contributed by atoms with van der Waals surface area (Å²) >= 11 is 5.92. The Labute approximate surface area is 161 Å². The van der Waals surface area contributed by atoms with Crippen LogP contribution in [0.4, 0.5) is 0 Å². The van der Waals surface area contributed by atoms with Gasteiger partial charge in [-0.25, -0.2) is 0 Å². The predicted octanol–water partition coefficient (Wildman–Crippen LogP) is 2.97. The van der Waals surface area contributed by atoms with E-state index in [-0.39, 0.29) is 17.9 Å². The van der Waals surface area contributed by atoms with Crippen LogP contribution in [0.15, 0.2) is 24.3 Å². The molecule has 1 aromatic carbocycles. The predicted molar refractivity (Wildman–Crippen MR) is 105 cm³/mol. The smallest absolute Gasteiger partial charge is 0.221 e. The molecule has 1 aliphatic rings. The van der Waals surface area contributed by atoms with E-state index in [1.165, 1.54) is 5.56 Å². The van der Waals surface area contributed by atoms with E-state index in [1.54, 1.807) is 0 Å².